The van der Waals surface area contributed by atoms with Gasteiger partial charge in [-0.1, -0.05) is 29.8 Å². The standard InChI is InChI=1S/C19H16N4O2S/c1-13-4-2-5-14(10-13)11-23-17(7-8-20-23)22-18(24)15-12-26-19(21-15)16-6-3-9-25-16/h2-10,12H,11H2,1H3,(H,22,24). The molecule has 3 aromatic heterocycles. The Balaban J connectivity index is 1.49. The SMILES string of the molecule is Cc1cccc(Cn2nccc2NC(=O)c2csc(-c3ccco3)n2)c1. The Bertz CT molecular complexity index is 1030. The van der Waals surface area contributed by atoms with Crippen LogP contribution in [0.1, 0.15) is 21.6 Å². The van der Waals surface area contributed by atoms with Crippen molar-refractivity contribution in [2.75, 3.05) is 5.32 Å². The van der Waals surface area contributed by atoms with Gasteiger partial charge in [-0.25, -0.2) is 9.67 Å². The van der Waals surface area contributed by atoms with E-state index in [4.69, 9.17) is 4.42 Å². The fourth-order valence-electron chi connectivity index (χ4n) is 2.62. The summed E-state index contributed by atoms with van der Waals surface area (Å²) >= 11 is 1.37. The molecule has 0 atom stereocenters. The molecule has 1 amide bonds. The second-order valence-electron chi connectivity index (χ2n) is 5.83. The minimum absolute atomic E-state index is 0.273. The molecule has 26 heavy (non-hydrogen) atoms. The summed E-state index contributed by atoms with van der Waals surface area (Å²) in [5.41, 5.74) is 2.66. The molecule has 130 valence electrons. The summed E-state index contributed by atoms with van der Waals surface area (Å²) in [5, 5.41) is 9.57. The van der Waals surface area contributed by atoms with Crippen LogP contribution in [0.3, 0.4) is 0 Å². The van der Waals surface area contributed by atoms with Crippen molar-refractivity contribution in [1.82, 2.24) is 14.8 Å². The van der Waals surface area contributed by atoms with Crippen LogP contribution in [0.5, 0.6) is 0 Å². The summed E-state index contributed by atoms with van der Waals surface area (Å²) in [6.07, 6.45) is 3.25. The minimum Gasteiger partial charge on any atom is -0.462 e. The summed E-state index contributed by atoms with van der Waals surface area (Å²) in [6.45, 7) is 2.63. The maximum Gasteiger partial charge on any atom is 0.276 e. The molecule has 1 N–H and O–H groups in total. The molecule has 6 nitrogen and oxygen atoms in total. The molecule has 4 rings (SSSR count). The van der Waals surface area contributed by atoms with E-state index in [0.29, 0.717) is 28.8 Å². The number of carbonyl (C=O) groups excluding carboxylic acids is 1. The second-order valence-corrected chi connectivity index (χ2v) is 6.69. The fourth-order valence-corrected chi connectivity index (χ4v) is 3.39. The third kappa shape index (κ3) is 3.43. The summed E-state index contributed by atoms with van der Waals surface area (Å²) in [7, 11) is 0. The zero-order chi connectivity index (χ0) is 17.9. The van der Waals surface area contributed by atoms with Crippen molar-refractivity contribution in [2.45, 2.75) is 13.5 Å². The highest BCUT2D eigenvalue weighted by atomic mass is 32.1. The van der Waals surface area contributed by atoms with Crippen LogP contribution >= 0.6 is 11.3 Å². The average Bonchev–Trinajstić information content (AvgIpc) is 3.37. The van der Waals surface area contributed by atoms with E-state index >= 15 is 0 Å². The van der Waals surface area contributed by atoms with Crippen LogP contribution in [0.15, 0.2) is 64.7 Å². The van der Waals surface area contributed by atoms with Gasteiger partial charge in [0.25, 0.3) is 5.91 Å². The van der Waals surface area contributed by atoms with Crippen LogP contribution in [0.4, 0.5) is 5.82 Å². The van der Waals surface area contributed by atoms with E-state index in [1.165, 1.54) is 16.9 Å². The van der Waals surface area contributed by atoms with Gasteiger partial charge in [-0.2, -0.15) is 5.10 Å². The molecule has 0 aliphatic carbocycles. The maximum atomic E-state index is 12.5. The predicted octanol–water partition coefficient (Wildman–Crippen LogP) is 4.21. The van der Waals surface area contributed by atoms with E-state index in [1.807, 2.05) is 31.2 Å². The number of hydrogen-bond donors (Lipinski definition) is 1. The second kappa shape index (κ2) is 6.97. The first kappa shape index (κ1) is 16.3. The molecule has 0 spiro atoms. The van der Waals surface area contributed by atoms with Crippen LogP contribution in [0, 0.1) is 6.92 Å². The lowest BCUT2D eigenvalue weighted by molar-refractivity contribution is 0.102. The number of nitrogens with one attached hydrogen (secondary N) is 1. The quantitative estimate of drug-likeness (QED) is 0.576. The minimum atomic E-state index is -0.273. The maximum absolute atomic E-state index is 12.5. The zero-order valence-electron chi connectivity index (χ0n) is 14.0. The van der Waals surface area contributed by atoms with E-state index < -0.39 is 0 Å². The van der Waals surface area contributed by atoms with Crippen molar-refractivity contribution in [3.63, 3.8) is 0 Å². The Morgan fingerprint density at radius 3 is 3.00 bits per heavy atom. The first-order chi connectivity index (χ1) is 12.7. The van der Waals surface area contributed by atoms with Crippen LogP contribution in [-0.2, 0) is 6.54 Å². The number of thiazole rings is 1. The van der Waals surface area contributed by atoms with Gasteiger partial charge in [0.2, 0.25) is 0 Å². The van der Waals surface area contributed by atoms with E-state index in [2.05, 4.69) is 21.5 Å². The number of carbonyl (C=O) groups is 1. The predicted molar refractivity (Wildman–Crippen MR) is 100 cm³/mol. The Labute approximate surface area is 154 Å². The molecule has 3 heterocycles. The lowest BCUT2D eigenvalue weighted by Gasteiger charge is -2.09. The lowest BCUT2D eigenvalue weighted by Crippen LogP contribution is -2.16. The van der Waals surface area contributed by atoms with Crippen molar-refractivity contribution in [2.24, 2.45) is 0 Å². The van der Waals surface area contributed by atoms with Crippen molar-refractivity contribution in [1.29, 1.82) is 0 Å². The molecule has 0 fully saturated rings. The van der Waals surface area contributed by atoms with Crippen LogP contribution in [-0.4, -0.2) is 20.7 Å². The van der Waals surface area contributed by atoms with Crippen LogP contribution < -0.4 is 5.32 Å². The Morgan fingerprint density at radius 2 is 2.19 bits per heavy atom. The number of furan rings is 1. The highest BCUT2D eigenvalue weighted by molar-refractivity contribution is 7.13. The molecular weight excluding hydrogens is 348 g/mol. The third-order valence-corrected chi connectivity index (χ3v) is 4.70. The largest absolute Gasteiger partial charge is 0.462 e. The van der Waals surface area contributed by atoms with Crippen molar-refractivity contribution >= 4 is 23.1 Å². The average molecular weight is 364 g/mol. The van der Waals surface area contributed by atoms with Crippen molar-refractivity contribution < 1.29 is 9.21 Å². The number of aromatic nitrogens is 3. The monoisotopic (exact) mass is 364 g/mol. The fraction of sp³-hybridized carbons (Fsp3) is 0.105. The number of hydrogen-bond acceptors (Lipinski definition) is 5. The molecule has 4 aromatic rings. The topological polar surface area (TPSA) is 73.0 Å². The third-order valence-electron chi connectivity index (χ3n) is 3.84. The number of anilines is 1. The molecule has 1 aromatic carbocycles. The highest BCUT2D eigenvalue weighted by Crippen LogP contribution is 2.24. The molecule has 0 saturated carbocycles. The van der Waals surface area contributed by atoms with E-state index in [0.717, 1.165) is 5.56 Å². The van der Waals surface area contributed by atoms with Gasteiger partial charge in [-0.15, -0.1) is 11.3 Å². The number of rotatable bonds is 5. The van der Waals surface area contributed by atoms with Crippen LogP contribution in [0.25, 0.3) is 10.8 Å². The van der Waals surface area contributed by atoms with Gasteiger partial charge >= 0.3 is 0 Å². The molecule has 0 bridgehead atoms. The van der Waals surface area contributed by atoms with Gasteiger partial charge in [0.1, 0.15) is 11.5 Å². The normalized spacial score (nSPS) is 10.8. The molecule has 0 aliphatic rings. The van der Waals surface area contributed by atoms with Gasteiger partial charge in [0.15, 0.2) is 10.8 Å². The Kier molecular flexibility index (Phi) is 4.37. The zero-order valence-corrected chi connectivity index (χ0v) is 14.9. The van der Waals surface area contributed by atoms with E-state index in [9.17, 15) is 4.79 Å². The van der Waals surface area contributed by atoms with E-state index in [1.54, 1.807) is 34.7 Å². The van der Waals surface area contributed by atoms with Gasteiger partial charge in [0, 0.05) is 11.4 Å². The summed E-state index contributed by atoms with van der Waals surface area (Å²) in [4.78, 5) is 16.9. The lowest BCUT2D eigenvalue weighted by atomic mass is 10.1. The number of nitrogens with zero attached hydrogens (tertiary/aromatic N) is 3. The number of amides is 1. The van der Waals surface area contributed by atoms with Crippen molar-refractivity contribution in [3.05, 3.63) is 77.1 Å². The van der Waals surface area contributed by atoms with Gasteiger partial charge in [-0.3, -0.25) is 4.79 Å². The van der Waals surface area contributed by atoms with Gasteiger partial charge in [-0.05, 0) is 24.6 Å². The highest BCUT2D eigenvalue weighted by Gasteiger charge is 2.15. The number of aryl methyl sites for hydroxylation is 1. The summed E-state index contributed by atoms with van der Waals surface area (Å²) < 4.78 is 7.07. The van der Waals surface area contributed by atoms with Gasteiger partial charge < -0.3 is 9.73 Å². The first-order valence-corrected chi connectivity index (χ1v) is 8.95. The number of benzene rings is 1. The molecule has 0 radical (unpaired) electrons. The van der Waals surface area contributed by atoms with Crippen molar-refractivity contribution in [3.8, 4) is 10.8 Å². The Morgan fingerprint density at radius 1 is 1.27 bits per heavy atom. The molecular formula is C19H16N4O2S. The van der Waals surface area contributed by atoms with Crippen LogP contribution in [0.2, 0.25) is 0 Å². The Hall–Kier alpha value is -3.19. The molecule has 0 aliphatic heterocycles. The first-order valence-electron chi connectivity index (χ1n) is 8.07. The molecule has 7 heteroatoms. The smallest absolute Gasteiger partial charge is 0.276 e. The molecule has 0 saturated heterocycles. The van der Waals surface area contributed by atoms with Gasteiger partial charge in [0.05, 0.1) is 19.0 Å². The molecule has 0 unspecified atom stereocenters. The van der Waals surface area contributed by atoms with E-state index in [-0.39, 0.29) is 5.91 Å². The summed E-state index contributed by atoms with van der Waals surface area (Å²) in [5.74, 6) is 1.01. The summed E-state index contributed by atoms with van der Waals surface area (Å²) in [6, 6.07) is 13.6.